The standard InChI is InChI=1S/C24H18N2O.ClH/c25-21-14-13-16(15-24(21)27)26-22-11-5-3-9-19(22)17-7-1-2-8-18(17)20-10-4-6-12-23(20)26;/h1-15,27H,25H2;1H. The molecule has 0 aliphatic carbocycles. The Balaban J connectivity index is 0.00000192. The lowest BCUT2D eigenvalue weighted by atomic mass is 9.95. The van der Waals surface area contributed by atoms with Crippen LogP contribution in [-0.4, -0.2) is 5.11 Å². The van der Waals surface area contributed by atoms with Crippen molar-refractivity contribution in [3.63, 3.8) is 0 Å². The van der Waals surface area contributed by atoms with Gasteiger partial charge in [-0.3, -0.25) is 0 Å². The highest BCUT2D eigenvalue weighted by Gasteiger charge is 2.25. The van der Waals surface area contributed by atoms with E-state index >= 15 is 0 Å². The Kier molecular flexibility index (Phi) is 4.46. The summed E-state index contributed by atoms with van der Waals surface area (Å²) in [4.78, 5) is 2.18. The van der Waals surface area contributed by atoms with E-state index in [1.165, 1.54) is 11.1 Å². The Morgan fingerprint density at radius 3 is 1.57 bits per heavy atom. The first-order valence-electron chi connectivity index (χ1n) is 8.90. The van der Waals surface area contributed by atoms with E-state index in [1.807, 2.05) is 18.2 Å². The minimum absolute atomic E-state index is 0. The van der Waals surface area contributed by atoms with Crippen molar-refractivity contribution >= 4 is 35.2 Å². The highest BCUT2D eigenvalue weighted by Crippen LogP contribution is 2.50. The van der Waals surface area contributed by atoms with E-state index < -0.39 is 0 Å². The Labute approximate surface area is 170 Å². The molecule has 138 valence electrons. The van der Waals surface area contributed by atoms with Crippen LogP contribution in [0, 0.1) is 0 Å². The van der Waals surface area contributed by atoms with Crippen molar-refractivity contribution in [2.75, 3.05) is 10.6 Å². The molecule has 4 heteroatoms. The average Bonchev–Trinajstić information content (AvgIpc) is 2.83. The number of rotatable bonds is 1. The lowest BCUT2D eigenvalue weighted by Crippen LogP contribution is -2.10. The Morgan fingerprint density at radius 1 is 0.607 bits per heavy atom. The molecule has 1 aliphatic rings. The van der Waals surface area contributed by atoms with Crippen LogP contribution in [0.15, 0.2) is 91.0 Å². The average molecular weight is 387 g/mol. The summed E-state index contributed by atoms with van der Waals surface area (Å²) in [6, 6.07) is 30.6. The van der Waals surface area contributed by atoms with Gasteiger partial charge in [-0.2, -0.15) is 0 Å². The largest absolute Gasteiger partial charge is 0.506 e. The Hall–Kier alpha value is -3.43. The van der Waals surface area contributed by atoms with Crippen molar-refractivity contribution < 1.29 is 5.11 Å². The number of halogens is 1. The molecule has 1 aliphatic heterocycles. The topological polar surface area (TPSA) is 49.5 Å². The van der Waals surface area contributed by atoms with Gasteiger partial charge in [0.15, 0.2) is 0 Å². The number of para-hydroxylation sites is 2. The molecule has 0 bridgehead atoms. The first-order chi connectivity index (χ1) is 13.2. The van der Waals surface area contributed by atoms with Gasteiger partial charge in [-0.25, -0.2) is 0 Å². The number of phenolic OH excluding ortho intramolecular Hbond substituents is 1. The number of hydrogen-bond donors (Lipinski definition) is 2. The summed E-state index contributed by atoms with van der Waals surface area (Å²) in [5, 5.41) is 10.2. The SMILES string of the molecule is Cl.Nc1ccc(N2c3ccccc3-c3ccccc3-c3ccccc32)cc1O. The van der Waals surface area contributed by atoms with Crippen LogP contribution in [0.3, 0.4) is 0 Å². The zero-order valence-electron chi connectivity index (χ0n) is 15.0. The number of nitrogens with two attached hydrogens (primary N) is 1. The second-order valence-electron chi connectivity index (χ2n) is 6.66. The molecule has 4 aromatic carbocycles. The maximum Gasteiger partial charge on any atom is 0.140 e. The first-order valence-corrected chi connectivity index (χ1v) is 8.90. The molecule has 0 aromatic heterocycles. The molecule has 28 heavy (non-hydrogen) atoms. The fourth-order valence-electron chi connectivity index (χ4n) is 3.82. The van der Waals surface area contributed by atoms with E-state index in [4.69, 9.17) is 5.73 Å². The number of benzene rings is 4. The van der Waals surface area contributed by atoms with E-state index in [2.05, 4.69) is 65.6 Å². The quantitative estimate of drug-likeness (QED) is 0.255. The number of hydrogen-bond acceptors (Lipinski definition) is 3. The van der Waals surface area contributed by atoms with Gasteiger partial charge >= 0.3 is 0 Å². The van der Waals surface area contributed by atoms with Crippen molar-refractivity contribution in [3.8, 4) is 28.0 Å². The van der Waals surface area contributed by atoms with Crippen LogP contribution in [0.2, 0.25) is 0 Å². The normalized spacial score (nSPS) is 11.5. The second kappa shape index (κ2) is 6.95. The number of nitrogen functional groups attached to an aromatic ring is 1. The molecule has 0 amide bonds. The van der Waals surface area contributed by atoms with Crippen LogP contribution in [0.1, 0.15) is 0 Å². The third-order valence-electron chi connectivity index (χ3n) is 5.07. The zero-order valence-corrected chi connectivity index (χ0v) is 15.9. The van der Waals surface area contributed by atoms with Gasteiger partial charge in [0.2, 0.25) is 0 Å². The van der Waals surface area contributed by atoms with Gasteiger partial charge in [0, 0.05) is 22.9 Å². The van der Waals surface area contributed by atoms with Crippen molar-refractivity contribution in [1.29, 1.82) is 0 Å². The van der Waals surface area contributed by atoms with E-state index in [0.717, 1.165) is 28.2 Å². The summed E-state index contributed by atoms with van der Waals surface area (Å²) in [6.45, 7) is 0. The van der Waals surface area contributed by atoms with Gasteiger partial charge in [-0.05, 0) is 35.4 Å². The number of fused-ring (bicyclic) bond motifs is 5. The third-order valence-corrected chi connectivity index (χ3v) is 5.07. The number of phenols is 1. The van der Waals surface area contributed by atoms with Gasteiger partial charge < -0.3 is 15.7 Å². The highest BCUT2D eigenvalue weighted by molar-refractivity contribution is 6.02. The molecular weight excluding hydrogens is 368 g/mol. The fourth-order valence-corrected chi connectivity index (χ4v) is 3.82. The molecule has 3 nitrogen and oxygen atoms in total. The number of nitrogens with zero attached hydrogens (tertiary/aromatic N) is 1. The van der Waals surface area contributed by atoms with E-state index in [-0.39, 0.29) is 18.2 Å². The van der Waals surface area contributed by atoms with E-state index in [1.54, 1.807) is 12.1 Å². The first kappa shape index (κ1) is 18.0. The molecule has 3 N–H and O–H groups in total. The molecule has 0 fully saturated rings. The molecule has 0 unspecified atom stereocenters. The molecule has 0 atom stereocenters. The van der Waals surface area contributed by atoms with Gasteiger partial charge in [-0.1, -0.05) is 60.7 Å². The van der Waals surface area contributed by atoms with Gasteiger partial charge in [0.05, 0.1) is 17.1 Å². The summed E-state index contributed by atoms with van der Waals surface area (Å²) < 4.78 is 0. The zero-order chi connectivity index (χ0) is 18.4. The van der Waals surface area contributed by atoms with Crippen molar-refractivity contribution in [2.45, 2.75) is 0 Å². The molecular formula is C24H19ClN2O. The lowest BCUT2D eigenvalue weighted by Gasteiger charge is -2.27. The van der Waals surface area contributed by atoms with Crippen LogP contribution < -0.4 is 10.6 Å². The summed E-state index contributed by atoms with van der Waals surface area (Å²) in [5.74, 6) is 0.0872. The molecule has 0 radical (unpaired) electrons. The van der Waals surface area contributed by atoms with Crippen LogP contribution >= 0.6 is 12.4 Å². The minimum Gasteiger partial charge on any atom is -0.506 e. The van der Waals surface area contributed by atoms with E-state index in [0.29, 0.717) is 5.69 Å². The monoisotopic (exact) mass is 386 g/mol. The van der Waals surface area contributed by atoms with Gasteiger partial charge in [0.25, 0.3) is 0 Å². The van der Waals surface area contributed by atoms with Crippen LogP contribution in [0.4, 0.5) is 22.7 Å². The molecule has 0 saturated heterocycles. The maximum absolute atomic E-state index is 10.2. The molecule has 1 heterocycles. The van der Waals surface area contributed by atoms with Crippen LogP contribution in [0.5, 0.6) is 5.75 Å². The highest BCUT2D eigenvalue weighted by atomic mass is 35.5. The summed E-state index contributed by atoms with van der Waals surface area (Å²) >= 11 is 0. The Morgan fingerprint density at radius 2 is 1.07 bits per heavy atom. The van der Waals surface area contributed by atoms with Gasteiger partial charge in [0.1, 0.15) is 5.75 Å². The third kappa shape index (κ3) is 2.68. The predicted octanol–water partition coefficient (Wildman–Crippen LogP) is 6.51. The molecule has 5 rings (SSSR count). The van der Waals surface area contributed by atoms with Crippen LogP contribution in [-0.2, 0) is 0 Å². The lowest BCUT2D eigenvalue weighted by molar-refractivity contribution is 0.478. The number of aromatic hydroxyl groups is 1. The predicted molar refractivity (Wildman–Crippen MR) is 119 cm³/mol. The second-order valence-corrected chi connectivity index (χ2v) is 6.66. The van der Waals surface area contributed by atoms with E-state index in [9.17, 15) is 5.11 Å². The molecule has 4 aromatic rings. The summed E-state index contributed by atoms with van der Waals surface area (Å²) in [6.07, 6.45) is 0. The maximum atomic E-state index is 10.2. The van der Waals surface area contributed by atoms with Crippen molar-refractivity contribution in [1.82, 2.24) is 0 Å². The van der Waals surface area contributed by atoms with Crippen molar-refractivity contribution in [2.24, 2.45) is 0 Å². The molecule has 0 saturated carbocycles. The molecule has 0 spiro atoms. The summed E-state index contributed by atoms with van der Waals surface area (Å²) in [7, 11) is 0. The summed E-state index contributed by atoms with van der Waals surface area (Å²) in [5.41, 5.74) is 13.9. The Bertz CT molecular complexity index is 1110. The van der Waals surface area contributed by atoms with Crippen molar-refractivity contribution in [3.05, 3.63) is 91.0 Å². The smallest absolute Gasteiger partial charge is 0.140 e. The number of anilines is 4. The minimum atomic E-state index is 0. The fraction of sp³-hybridized carbons (Fsp3) is 0. The van der Waals surface area contributed by atoms with Gasteiger partial charge in [-0.15, -0.1) is 12.4 Å². The van der Waals surface area contributed by atoms with Crippen LogP contribution in [0.25, 0.3) is 22.3 Å².